The van der Waals surface area contributed by atoms with Gasteiger partial charge in [-0.1, -0.05) is 0 Å². The van der Waals surface area contributed by atoms with E-state index in [1.54, 1.807) is 10.8 Å². The second kappa shape index (κ2) is 4.65. The third-order valence-electron chi connectivity index (χ3n) is 2.03. The number of imidazole rings is 1. The van der Waals surface area contributed by atoms with Crippen molar-refractivity contribution in [1.82, 2.24) is 9.55 Å². The first kappa shape index (κ1) is 12.0. The lowest BCUT2D eigenvalue weighted by Gasteiger charge is -2.13. The Morgan fingerprint density at radius 3 is 2.73 bits per heavy atom. The van der Waals surface area contributed by atoms with Gasteiger partial charge in [0, 0.05) is 25.4 Å². The van der Waals surface area contributed by atoms with Crippen molar-refractivity contribution in [2.45, 2.75) is 38.6 Å². The second-order valence-electron chi connectivity index (χ2n) is 3.31. The molecule has 0 aliphatic rings. The molecule has 0 radical (unpaired) electrons. The van der Waals surface area contributed by atoms with Gasteiger partial charge in [0.2, 0.25) is 0 Å². The minimum atomic E-state index is -4.33. The van der Waals surface area contributed by atoms with Crippen molar-refractivity contribution in [3.63, 3.8) is 0 Å². The molecular weight excluding hydrogens is 209 g/mol. The number of rotatable bonds is 4. The number of alkyl halides is 3. The maximum atomic E-state index is 11.9. The lowest BCUT2D eigenvalue weighted by molar-refractivity contribution is -0.153. The topological polar surface area (TPSA) is 38.0 Å². The number of hydrogen-bond donors (Lipinski definition) is 1. The fraction of sp³-hybridized carbons (Fsp3) is 0.667. The number of aromatic nitrogens is 2. The molecule has 0 spiro atoms. The van der Waals surface area contributed by atoms with E-state index in [0.29, 0.717) is 12.4 Å². The molecule has 15 heavy (non-hydrogen) atoms. The largest absolute Gasteiger partial charge is 0.392 e. The first-order valence-corrected chi connectivity index (χ1v) is 4.67. The molecule has 0 fully saturated rings. The first-order chi connectivity index (χ1) is 6.92. The fourth-order valence-electron chi connectivity index (χ4n) is 1.37. The molecule has 3 nitrogen and oxygen atoms in total. The van der Waals surface area contributed by atoms with Crippen LogP contribution in [0.5, 0.6) is 0 Å². The van der Waals surface area contributed by atoms with Gasteiger partial charge in [0.05, 0.1) is 12.5 Å². The third kappa shape index (κ3) is 3.91. The summed E-state index contributed by atoms with van der Waals surface area (Å²) in [6, 6.07) is 0. The standard InChI is InChI=1S/C9H13F3N2O/c1-2-14-4-3-13-8(14)5-7(15)6-9(10,11)12/h3-4,7,15H,2,5-6H2,1H3. The summed E-state index contributed by atoms with van der Waals surface area (Å²) in [4.78, 5) is 3.89. The summed E-state index contributed by atoms with van der Waals surface area (Å²) in [5.74, 6) is 0.481. The molecule has 1 heterocycles. The van der Waals surface area contributed by atoms with Crippen LogP contribution in [-0.2, 0) is 13.0 Å². The fourth-order valence-corrected chi connectivity index (χ4v) is 1.37. The summed E-state index contributed by atoms with van der Waals surface area (Å²) >= 11 is 0. The maximum absolute atomic E-state index is 11.9. The molecule has 1 aromatic heterocycles. The smallest absolute Gasteiger partial charge is 0.391 e. The van der Waals surface area contributed by atoms with Crippen LogP contribution in [0.1, 0.15) is 19.2 Å². The van der Waals surface area contributed by atoms with Crippen LogP contribution in [0, 0.1) is 0 Å². The van der Waals surface area contributed by atoms with Gasteiger partial charge in [-0.3, -0.25) is 0 Å². The molecule has 1 unspecified atom stereocenters. The highest BCUT2D eigenvalue weighted by Crippen LogP contribution is 2.22. The molecule has 1 N–H and O–H groups in total. The van der Waals surface area contributed by atoms with E-state index >= 15 is 0 Å². The predicted octanol–water partition coefficient (Wildman–Crippen LogP) is 1.76. The van der Waals surface area contributed by atoms with Crippen LogP contribution in [0.15, 0.2) is 12.4 Å². The quantitative estimate of drug-likeness (QED) is 0.842. The Morgan fingerprint density at radius 2 is 2.20 bits per heavy atom. The van der Waals surface area contributed by atoms with Crippen LogP contribution in [0.4, 0.5) is 13.2 Å². The van der Waals surface area contributed by atoms with Gasteiger partial charge in [0.15, 0.2) is 0 Å². The molecule has 0 amide bonds. The van der Waals surface area contributed by atoms with Gasteiger partial charge in [-0.2, -0.15) is 13.2 Å². The Balaban J connectivity index is 2.55. The van der Waals surface area contributed by atoms with E-state index in [0.717, 1.165) is 0 Å². The van der Waals surface area contributed by atoms with E-state index in [1.165, 1.54) is 6.20 Å². The van der Waals surface area contributed by atoms with Crippen molar-refractivity contribution < 1.29 is 18.3 Å². The van der Waals surface area contributed by atoms with Crippen LogP contribution >= 0.6 is 0 Å². The van der Waals surface area contributed by atoms with Gasteiger partial charge in [0.25, 0.3) is 0 Å². The van der Waals surface area contributed by atoms with Crippen molar-refractivity contribution in [3.8, 4) is 0 Å². The SMILES string of the molecule is CCn1ccnc1CC(O)CC(F)(F)F. The number of hydrogen-bond acceptors (Lipinski definition) is 2. The summed E-state index contributed by atoms with van der Waals surface area (Å²) in [5.41, 5.74) is 0. The number of aliphatic hydroxyl groups excluding tert-OH is 1. The Morgan fingerprint density at radius 1 is 1.53 bits per heavy atom. The van der Waals surface area contributed by atoms with E-state index in [4.69, 9.17) is 0 Å². The highest BCUT2D eigenvalue weighted by molar-refractivity contribution is 4.94. The van der Waals surface area contributed by atoms with Gasteiger partial charge < -0.3 is 9.67 Å². The van der Waals surface area contributed by atoms with Crippen molar-refractivity contribution in [1.29, 1.82) is 0 Å². The molecule has 0 aromatic carbocycles. The molecule has 1 aromatic rings. The molecule has 0 bridgehead atoms. The van der Waals surface area contributed by atoms with Crippen LogP contribution in [0.3, 0.4) is 0 Å². The summed E-state index contributed by atoms with van der Waals surface area (Å²) in [7, 11) is 0. The Bertz CT molecular complexity index is 309. The Kier molecular flexibility index (Phi) is 3.73. The number of nitrogens with zero attached hydrogens (tertiary/aromatic N) is 2. The van der Waals surface area contributed by atoms with E-state index in [2.05, 4.69) is 4.98 Å². The average Bonchev–Trinajstić information content (AvgIpc) is 2.48. The van der Waals surface area contributed by atoms with Gasteiger partial charge in [-0.15, -0.1) is 0 Å². The maximum Gasteiger partial charge on any atom is 0.391 e. The van der Waals surface area contributed by atoms with Gasteiger partial charge in [-0.25, -0.2) is 4.98 Å². The van der Waals surface area contributed by atoms with E-state index in [1.807, 2.05) is 6.92 Å². The van der Waals surface area contributed by atoms with Crippen molar-refractivity contribution in [2.75, 3.05) is 0 Å². The Labute approximate surface area is 85.6 Å². The monoisotopic (exact) mass is 222 g/mol. The molecule has 6 heteroatoms. The molecule has 1 atom stereocenters. The highest BCUT2D eigenvalue weighted by atomic mass is 19.4. The van der Waals surface area contributed by atoms with E-state index < -0.39 is 18.7 Å². The van der Waals surface area contributed by atoms with Gasteiger partial charge in [-0.05, 0) is 6.92 Å². The predicted molar refractivity (Wildman–Crippen MR) is 48.3 cm³/mol. The average molecular weight is 222 g/mol. The summed E-state index contributed by atoms with van der Waals surface area (Å²) in [5, 5.41) is 9.20. The molecule has 0 aliphatic carbocycles. The molecule has 86 valence electrons. The normalized spacial score (nSPS) is 14.2. The number of aliphatic hydroxyl groups is 1. The number of halogens is 3. The summed E-state index contributed by atoms with van der Waals surface area (Å²) in [6.07, 6.45) is -3.82. The van der Waals surface area contributed by atoms with Gasteiger partial charge >= 0.3 is 6.18 Å². The molecule has 0 aliphatic heterocycles. The van der Waals surface area contributed by atoms with E-state index in [9.17, 15) is 18.3 Å². The summed E-state index contributed by atoms with van der Waals surface area (Å²) < 4.78 is 37.5. The lowest BCUT2D eigenvalue weighted by atomic mass is 10.2. The van der Waals surface area contributed by atoms with Crippen molar-refractivity contribution >= 4 is 0 Å². The molecule has 0 saturated carbocycles. The third-order valence-corrected chi connectivity index (χ3v) is 2.03. The van der Waals surface area contributed by atoms with Crippen LogP contribution in [-0.4, -0.2) is 26.9 Å². The summed E-state index contributed by atoms with van der Waals surface area (Å²) in [6.45, 7) is 2.50. The molecule has 0 saturated heterocycles. The number of aryl methyl sites for hydroxylation is 1. The van der Waals surface area contributed by atoms with Gasteiger partial charge in [0.1, 0.15) is 5.82 Å². The zero-order valence-corrected chi connectivity index (χ0v) is 8.33. The highest BCUT2D eigenvalue weighted by Gasteiger charge is 2.31. The minimum Gasteiger partial charge on any atom is -0.392 e. The second-order valence-corrected chi connectivity index (χ2v) is 3.31. The molecule has 1 rings (SSSR count). The van der Waals surface area contributed by atoms with E-state index in [-0.39, 0.29) is 6.42 Å². The zero-order chi connectivity index (χ0) is 11.5. The lowest BCUT2D eigenvalue weighted by Crippen LogP contribution is -2.22. The minimum absolute atomic E-state index is 0.0691. The zero-order valence-electron chi connectivity index (χ0n) is 8.33. The first-order valence-electron chi connectivity index (χ1n) is 4.67. The van der Waals surface area contributed by atoms with Crippen LogP contribution in [0.25, 0.3) is 0 Å². The van der Waals surface area contributed by atoms with Crippen molar-refractivity contribution in [3.05, 3.63) is 18.2 Å². The van der Waals surface area contributed by atoms with Crippen LogP contribution in [0.2, 0.25) is 0 Å². The Hall–Kier alpha value is -1.04. The van der Waals surface area contributed by atoms with Crippen LogP contribution < -0.4 is 0 Å². The molecular formula is C9H13F3N2O. The van der Waals surface area contributed by atoms with Crippen molar-refractivity contribution in [2.24, 2.45) is 0 Å².